The highest BCUT2D eigenvalue weighted by Gasteiger charge is 2.19. The number of carbonyl (C=O) groups excluding carboxylic acids is 1. The number of nitrogens with zero attached hydrogens (tertiary/aromatic N) is 1. The number of carbonyl (C=O) groups is 1. The normalized spacial score (nSPS) is 10.4. The predicted molar refractivity (Wildman–Crippen MR) is 77.9 cm³/mol. The maximum Gasteiger partial charge on any atom is 0.271 e. The summed E-state index contributed by atoms with van der Waals surface area (Å²) in [6.45, 7) is 0.309. The van der Waals surface area contributed by atoms with Gasteiger partial charge in [0.05, 0.1) is 26.8 Å². The van der Waals surface area contributed by atoms with Crippen LogP contribution in [0.25, 0.3) is 0 Å². The SMILES string of the molecule is O=C(NCCc1ccco1)c1cc([N+](=O)[O-])cc(Cl)c1Cl. The monoisotopic (exact) mass is 328 g/mol. The van der Waals surface area contributed by atoms with Crippen LogP contribution >= 0.6 is 23.2 Å². The third kappa shape index (κ3) is 3.74. The second-order valence-corrected chi connectivity index (χ2v) is 4.92. The van der Waals surface area contributed by atoms with E-state index in [1.165, 1.54) is 6.26 Å². The van der Waals surface area contributed by atoms with Crippen molar-refractivity contribution < 1.29 is 14.1 Å². The van der Waals surface area contributed by atoms with Crippen LogP contribution in [0.4, 0.5) is 5.69 Å². The van der Waals surface area contributed by atoms with E-state index in [-0.39, 0.29) is 21.3 Å². The van der Waals surface area contributed by atoms with Crippen LogP contribution in [0.1, 0.15) is 16.1 Å². The summed E-state index contributed by atoms with van der Waals surface area (Å²) in [5.41, 5.74) is -0.323. The first-order chi connectivity index (χ1) is 9.99. The Morgan fingerprint density at radius 3 is 2.76 bits per heavy atom. The van der Waals surface area contributed by atoms with Gasteiger partial charge in [-0.15, -0.1) is 0 Å². The van der Waals surface area contributed by atoms with E-state index in [0.29, 0.717) is 13.0 Å². The van der Waals surface area contributed by atoms with Gasteiger partial charge in [-0.1, -0.05) is 23.2 Å². The van der Waals surface area contributed by atoms with Gasteiger partial charge in [-0.3, -0.25) is 14.9 Å². The molecule has 0 spiro atoms. The first-order valence-electron chi connectivity index (χ1n) is 5.93. The van der Waals surface area contributed by atoms with Crippen LogP contribution in [0.2, 0.25) is 10.0 Å². The lowest BCUT2D eigenvalue weighted by Crippen LogP contribution is -2.26. The van der Waals surface area contributed by atoms with Crippen LogP contribution in [0.3, 0.4) is 0 Å². The van der Waals surface area contributed by atoms with E-state index in [1.807, 2.05) is 0 Å². The van der Waals surface area contributed by atoms with Crippen molar-refractivity contribution in [3.8, 4) is 0 Å². The summed E-state index contributed by atoms with van der Waals surface area (Å²) < 4.78 is 5.13. The van der Waals surface area contributed by atoms with E-state index in [2.05, 4.69) is 5.32 Å². The Labute approximate surface area is 129 Å². The van der Waals surface area contributed by atoms with E-state index in [4.69, 9.17) is 27.6 Å². The van der Waals surface area contributed by atoms with Gasteiger partial charge < -0.3 is 9.73 Å². The van der Waals surface area contributed by atoms with Crippen molar-refractivity contribution in [1.29, 1.82) is 0 Å². The molecule has 110 valence electrons. The summed E-state index contributed by atoms with van der Waals surface area (Å²) in [4.78, 5) is 22.1. The molecule has 1 aromatic carbocycles. The van der Waals surface area contributed by atoms with E-state index in [0.717, 1.165) is 17.9 Å². The number of hydrogen-bond donors (Lipinski definition) is 1. The quantitative estimate of drug-likeness (QED) is 0.672. The Balaban J connectivity index is 2.09. The minimum absolute atomic E-state index is 0.0160. The highest BCUT2D eigenvalue weighted by atomic mass is 35.5. The van der Waals surface area contributed by atoms with Crippen LogP contribution in [0.5, 0.6) is 0 Å². The molecule has 0 aliphatic carbocycles. The van der Waals surface area contributed by atoms with Crippen LogP contribution < -0.4 is 5.32 Å². The van der Waals surface area contributed by atoms with Gasteiger partial charge in [0.15, 0.2) is 0 Å². The molecule has 6 nitrogen and oxygen atoms in total. The van der Waals surface area contributed by atoms with Crippen molar-refractivity contribution in [3.05, 3.63) is 62.0 Å². The molecule has 8 heteroatoms. The van der Waals surface area contributed by atoms with Crippen LogP contribution in [0, 0.1) is 10.1 Å². The standard InChI is InChI=1S/C13H10Cl2N2O4/c14-11-7-8(17(19)20)6-10(12(11)15)13(18)16-4-3-9-2-1-5-21-9/h1-2,5-7H,3-4H2,(H,16,18). The summed E-state index contributed by atoms with van der Waals surface area (Å²) >= 11 is 11.7. The number of hydrogen-bond acceptors (Lipinski definition) is 4. The summed E-state index contributed by atoms with van der Waals surface area (Å²) in [7, 11) is 0. The number of halogens is 2. The number of amides is 1. The first kappa shape index (κ1) is 15.3. The Bertz CT molecular complexity index is 671. The molecule has 0 saturated carbocycles. The van der Waals surface area contributed by atoms with E-state index in [9.17, 15) is 14.9 Å². The molecular weight excluding hydrogens is 319 g/mol. The minimum Gasteiger partial charge on any atom is -0.469 e. The Hall–Kier alpha value is -2.05. The number of benzene rings is 1. The molecule has 0 radical (unpaired) electrons. The van der Waals surface area contributed by atoms with Gasteiger partial charge in [-0.25, -0.2) is 0 Å². The van der Waals surface area contributed by atoms with Crippen molar-refractivity contribution in [2.45, 2.75) is 6.42 Å². The van der Waals surface area contributed by atoms with Crippen molar-refractivity contribution in [2.24, 2.45) is 0 Å². The Morgan fingerprint density at radius 2 is 2.14 bits per heavy atom. The zero-order chi connectivity index (χ0) is 15.4. The van der Waals surface area contributed by atoms with Crippen LogP contribution in [-0.2, 0) is 6.42 Å². The molecule has 0 atom stereocenters. The van der Waals surface area contributed by atoms with E-state index >= 15 is 0 Å². The molecular formula is C13H10Cl2N2O4. The molecule has 1 amide bonds. The number of nitro groups is 1. The zero-order valence-corrected chi connectivity index (χ0v) is 12.1. The maximum absolute atomic E-state index is 12.0. The second-order valence-electron chi connectivity index (χ2n) is 4.13. The molecule has 2 rings (SSSR count). The molecule has 0 saturated heterocycles. The number of nitrogens with one attached hydrogen (secondary N) is 1. The number of nitro benzene ring substituents is 1. The molecule has 1 aromatic heterocycles. The maximum atomic E-state index is 12.0. The average molecular weight is 329 g/mol. The van der Waals surface area contributed by atoms with Crippen molar-refractivity contribution in [1.82, 2.24) is 5.32 Å². The summed E-state index contributed by atoms with van der Waals surface area (Å²) in [5.74, 6) is 0.190. The smallest absolute Gasteiger partial charge is 0.271 e. The molecule has 1 heterocycles. The van der Waals surface area contributed by atoms with Gasteiger partial charge in [-0.05, 0) is 12.1 Å². The third-order valence-corrected chi connectivity index (χ3v) is 3.51. The van der Waals surface area contributed by atoms with E-state index < -0.39 is 10.8 Å². The fraction of sp³-hybridized carbons (Fsp3) is 0.154. The lowest BCUT2D eigenvalue weighted by Gasteiger charge is -2.07. The third-order valence-electron chi connectivity index (χ3n) is 2.71. The molecule has 0 unspecified atom stereocenters. The molecule has 0 bridgehead atoms. The Kier molecular flexibility index (Phi) is 4.82. The van der Waals surface area contributed by atoms with Crippen molar-refractivity contribution >= 4 is 34.8 Å². The van der Waals surface area contributed by atoms with Gasteiger partial charge in [-0.2, -0.15) is 0 Å². The largest absolute Gasteiger partial charge is 0.469 e. The van der Waals surface area contributed by atoms with Gasteiger partial charge >= 0.3 is 0 Å². The average Bonchev–Trinajstić information content (AvgIpc) is 2.94. The van der Waals surface area contributed by atoms with E-state index in [1.54, 1.807) is 12.1 Å². The summed E-state index contributed by atoms with van der Waals surface area (Å²) in [6, 6.07) is 5.72. The number of non-ortho nitro benzene ring substituents is 1. The molecule has 1 N–H and O–H groups in total. The first-order valence-corrected chi connectivity index (χ1v) is 6.68. The van der Waals surface area contributed by atoms with Gasteiger partial charge in [0.25, 0.3) is 11.6 Å². The van der Waals surface area contributed by atoms with Crippen molar-refractivity contribution in [2.75, 3.05) is 6.54 Å². The zero-order valence-electron chi connectivity index (χ0n) is 10.6. The predicted octanol–water partition coefficient (Wildman–Crippen LogP) is 3.47. The van der Waals surface area contributed by atoms with Crippen molar-refractivity contribution in [3.63, 3.8) is 0 Å². The lowest BCUT2D eigenvalue weighted by atomic mass is 10.2. The number of rotatable bonds is 5. The van der Waals surface area contributed by atoms with Gasteiger partial charge in [0.2, 0.25) is 0 Å². The molecule has 21 heavy (non-hydrogen) atoms. The minimum atomic E-state index is -0.637. The van der Waals surface area contributed by atoms with Gasteiger partial charge in [0, 0.05) is 25.1 Å². The van der Waals surface area contributed by atoms with Crippen LogP contribution in [-0.4, -0.2) is 17.4 Å². The topological polar surface area (TPSA) is 85.4 Å². The summed E-state index contributed by atoms with van der Waals surface area (Å²) in [6.07, 6.45) is 2.04. The number of furan rings is 1. The molecule has 0 aliphatic heterocycles. The Morgan fingerprint density at radius 1 is 1.38 bits per heavy atom. The second kappa shape index (κ2) is 6.60. The molecule has 0 fully saturated rings. The van der Waals surface area contributed by atoms with Crippen LogP contribution in [0.15, 0.2) is 34.9 Å². The summed E-state index contributed by atoms with van der Waals surface area (Å²) in [5, 5.41) is 13.3. The highest BCUT2D eigenvalue weighted by molar-refractivity contribution is 6.44. The fourth-order valence-corrected chi connectivity index (χ4v) is 2.10. The van der Waals surface area contributed by atoms with Gasteiger partial charge in [0.1, 0.15) is 5.76 Å². The highest BCUT2D eigenvalue weighted by Crippen LogP contribution is 2.30. The lowest BCUT2D eigenvalue weighted by molar-refractivity contribution is -0.384. The molecule has 2 aromatic rings. The molecule has 0 aliphatic rings. The fourth-order valence-electron chi connectivity index (χ4n) is 1.69.